The van der Waals surface area contributed by atoms with E-state index in [0.717, 1.165) is 12.8 Å². The standard InChI is InChI=1S/C11H21BrO2/c1-6-11(5,8-10(3,4)12)9(13)14-7-2/h6-8H2,1-5H3. The summed E-state index contributed by atoms with van der Waals surface area (Å²) < 4.78 is 5.06. The molecule has 84 valence electrons. The maximum absolute atomic E-state index is 11.7. The highest BCUT2D eigenvalue weighted by atomic mass is 79.9. The van der Waals surface area contributed by atoms with Gasteiger partial charge in [-0.2, -0.15) is 0 Å². The Morgan fingerprint density at radius 2 is 1.79 bits per heavy atom. The summed E-state index contributed by atoms with van der Waals surface area (Å²) in [5.41, 5.74) is -0.372. The molecule has 14 heavy (non-hydrogen) atoms. The first-order valence-corrected chi connectivity index (χ1v) is 5.90. The van der Waals surface area contributed by atoms with Crippen LogP contribution in [0.4, 0.5) is 0 Å². The lowest BCUT2D eigenvalue weighted by Crippen LogP contribution is -2.34. The Bertz CT molecular complexity index is 196. The van der Waals surface area contributed by atoms with Gasteiger partial charge in [-0.3, -0.25) is 4.79 Å². The fourth-order valence-corrected chi connectivity index (χ4v) is 2.19. The van der Waals surface area contributed by atoms with E-state index < -0.39 is 0 Å². The van der Waals surface area contributed by atoms with E-state index >= 15 is 0 Å². The van der Waals surface area contributed by atoms with Crippen LogP contribution < -0.4 is 0 Å². The molecule has 0 amide bonds. The summed E-state index contributed by atoms with van der Waals surface area (Å²) in [5.74, 6) is -0.0879. The lowest BCUT2D eigenvalue weighted by Gasteiger charge is -2.31. The van der Waals surface area contributed by atoms with E-state index in [1.165, 1.54) is 0 Å². The molecule has 0 spiro atoms. The van der Waals surface area contributed by atoms with Crippen molar-refractivity contribution >= 4 is 21.9 Å². The lowest BCUT2D eigenvalue weighted by molar-refractivity contribution is -0.155. The number of alkyl halides is 1. The third-order valence-corrected chi connectivity index (χ3v) is 2.64. The second-order valence-electron chi connectivity index (χ2n) is 4.53. The predicted octanol–water partition coefficient (Wildman–Crippen LogP) is 3.53. The van der Waals surface area contributed by atoms with Crippen LogP contribution in [0, 0.1) is 5.41 Å². The van der Waals surface area contributed by atoms with Gasteiger partial charge < -0.3 is 4.74 Å². The van der Waals surface area contributed by atoms with E-state index in [1.807, 2.05) is 20.8 Å². The molecule has 2 nitrogen and oxygen atoms in total. The van der Waals surface area contributed by atoms with Gasteiger partial charge in [0.05, 0.1) is 12.0 Å². The zero-order valence-corrected chi connectivity index (χ0v) is 11.4. The van der Waals surface area contributed by atoms with Crippen molar-refractivity contribution in [1.29, 1.82) is 0 Å². The van der Waals surface area contributed by atoms with E-state index in [9.17, 15) is 4.79 Å². The molecule has 0 aliphatic carbocycles. The Kier molecular flexibility index (Phi) is 5.13. The van der Waals surface area contributed by atoms with Gasteiger partial charge >= 0.3 is 5.97 Å². The molecular weight excluding hydrogens is 244 g/mol. The minimum atomic E-state index is -0.372. The number of hydrogen-bond acceptors (Lipinski definition) is 2. The van der Waals surface area contributed by atoms with Crippen molar-refractivity contribution in [3.8, 4) is 0 Å². The smallest absolute Gasteiger partial charge is 0.311 e. The molecule has 3 heteroatoms. The number of rotatable bonds is 5. The quantitative estimate of drug-likeness (QED) is 0.561. The molecule has 1 atom stereocenters. The van der Waals surface area contributed by atoms with Crippen LogP contribution in [0.1, 0.15) is 47.5 Å². The molecule has 0 aromatic carbocycles. The Morgan fingerprint density at radius 1 is 1.29 bits per heavy atom. The third-order valence-electron chi connectivity index (χ3n) is 2.36. The average molecular weight is 265 g/mol. The first-order chi connectivity index (χ1) is 6.25. The van der Waals surface area contributed by atoms with Crippen LogP contribution in [0.5, 0.6) is 0 Å². The van der Waals surface area contributed by atoms with E-state index in [0.29, 0.717) is 6.61 Å². The molecule has 0 aliphatic rings. The Labute approximate surface area is 95.5 Å². The Hall–Kier alpha value is -0.0500. The molecule has 0 bridgehead atoms. The van der Waals surface area contributed by atoms with E-state index in [-0.39, 0.29) is 15.7 Å². The molecule has 0 saturated carbocycles. The Morgan fingerprint density at radius 3 is 2.07 bits per heavy atom. The van der Waals surface area contributed by atoms with Crippen molar-refractivity contribution < 1.29 is 9.53 Å². The number of halogens is 1. The summed E-state index contributed by atoms with van der Waals surface area (Å²) in [7, 11) is 0. The molecule has 0 rings (SSSR count). The molecule has 0 radical (unpaired) electrons. The van der Waals surface area contributed by atoms with Gasteiger partial charge in [0.25, 0.3) is 0 Å². The van der Waals surface area contributed by atoms with Gasteiger partial charge in [0.2, 0.25) is 0 Å². The number of hydrogen-bond donors (Lipinski definition) is 0. The highest BCUT2D eigenvalue weighted by molar-refractivity contribution is 9.10. The molecule has 0 fully saturated rings. The molecule has 0 aromatic rings. The third kappa shape index (κ3) is 4.45. The summed E-state index contributed by atoms with van der Waals surface area (Å²) >= 11 is 3.57. The number of carbonyl (C=O) groups is 1. The first-order valence-electron chi connectivity index (χ1n) is 5.11. The predicted molar refractivity (Wildman–Crippen MR) is 62.7 cm³/mol. The normalized spacial score (nSPS) is 16.1. The average Bonchev–Trinajstić information content (AvgIpc) is 2.01. The zero-order valence-electron chi connectivity index (χ0n) is 9.82. The summed E-state index contributed by atoms with van der Waals surface area (Å²) in [6.07, 6.45) is 1.59. The van der Waals surface area contributed by atoms with Crippen LogP contribution in [0.25, 0.3) is 0 Å². The van der Waals surface area contributed by atoms with Crippen molar-refractivity contribution in [2.24, 2.45) is 5.41 Å². The van der Waals surface area contributed by atoms with Crippen LogP contribution in [-0.2, 0) is 9.53 Å². The van der Waals surface area contributed by atoms with Gasteiger partial charge in [0.15, 0.2) is 0 Å². The number of ether oxygens (including phenoxy) is 1. The minimum Gasteiger partial charge on any atom is -0.466 e. The van der Waals surface area contributed by atoms with Crippen LogP contribution in [-0.4, -0.2) is 16.9 Å². The van der Waals surface area contributed by atoms with Gasteiger partial charge in [-0.15, -0.1) is 0 Å². The molecule has 0 heterocycles. The van der Waals surface area contributed by atoms with E-state index in [4.69, 9.17) is 4.74 Å². The maximum Gasteiger partial charge on any atom is 0.311 e. The Balaban J connectivity index is 4.54. The van der Waals surface area contributed by atoms with E-state index in [1.54, 1.807) is 0 Å². The summed E-state index contributed by atoms with van der Waals surface area (Å²) in [6.45, 7) is 10.4. The first kappa shape index (κ1) is 13.9. The van der Waals surface area contributed by atoms with E-state index in [2.05, 4.69) is 29.8 Å². The summed E-state index contributed by atoms with van der Waals surface area (Å²) in [4.78, 5) is 11.7. The number of carbonyl (C=O) groups excluding carboxylic acids is 1. The molecule has 0 aromatic heterocycles. The zero-order chi connectivity index (χ0) is 11.4. The summed E-state index contributed by atoms with van der Waals surface area (Å²) in [6, 6.07) is 0. The van der Waals surface area contributed by atoms with Crippen LogP contribution in [0.2, 0.25) is 0 Å². The van der Waals surface area contributed by atoms with Crippen molar-refractivity contribution in [2.75, 3.05) is 6.61 Å². The van der Waals surface area contributed by atoms with Gasteiger partial charge in [-0.25, -0.2) is 0 Å². The van der Waals surface area contributed by atoms with Crippen LogP contribution in [0.15, 0.2) is 0 Å². The fraction of sp³-hybridized carbons (Fsp3) is 0.909. The van der Waals surface area contributed by atoms with Crippen molar-refractivity contribution in [3.05, 3.63) is 0 Å². The van der Waals surface area contributed by atoms with Gasteiger partial charge in [-0.05, 0) is 26.7 Å². The molecule has 0 aliphatic heterocycles. The monoisotopic (exact) mass is 264 g/mol. The maximum atomic E-state index is 11.7. The molecular formula is C11H21BrO2. The van der Waals surface area contributed by atoms with Gasteiger partial charge in [-0.1, -0.05) is 36.7 Å². The largest absolute Gasteiger partial charge is 0.466 e. The SMILES string of the molecule is CCOC(=O)C(C)(CC)CC(C)(C)Br. The van der Waals surface area contributed by atoms with Crippen molar-refractivity contribution in [2.45, 2.75) is 51.8 Å². The molecule has 0 N–H and O–H groups in total. The lowest BCUT2D eigenvalue weighted by atomic mass is 9.79. The fourth-order valence-electron chi connectivity index (χ4n) is 1.57. The van der Waals surface area contributed by atoms with Crippen LogP contribution >= 0.6 is 15.9 Å². The highest BCUT2D eigenvalue weighted by Crippen LogP contribution is 2.37. The van der Waals surface area contributed by atoms with Gasteiger partial charge in [0.1, 0.15) is 0 Å². The van der Waals surface area contributed by atoms with Gasteiger partial charge in [0, 0.05) is 4.32 Å². The summed E-state index contributed by atoms with van der Waals surface area (Å²) in [5, 5.41) is 0. The van der Waals surface area contributed by atoms with Crippen LogP contribution in [0.3, 0.4) is 0 Å². The molecule has 0 saturated heterocycles. The van der Waals surface area contributed by atoms with Crippen molar-refractivity contribution in [1.82, 2.24) is 0 Å². The highest BCUT2D eigenvalue weighted by Gasteiger charge is 2.37. The topological polar surface area (TPSA) is 26.3 Å². The minimum absolute atomic E-state index is 0.0233. The second-order valence-corrected chi connectivity index (χ2v) is 6.68. The van der Waals surface area contributed by atoms with Crippen molar-refractivity contribution in [3.63, 3.8) is 0 Å². The molecule has 1 unspecified atom stereocenters. The number of esters is 1. The second kappa shape index (κ2) is 5.15.